The maximum atomic E-state index is 13.3. The average molecular weight is 442 g/mol. The minimum atomic E-state index is -0.863. The van der Waals surface area contributed by atoms with Crippen LogP contribution in [0.1, 0.15) is 43.9 Å². The summed E-state index contributed by atoms with van der Waals surface area (Å²) in [6, 6.07) is 11.9. The topological polar surface area (TPSA) is 79.0 Å². The van der Waals surface area contributed by atoms with E-state index in [2.05, 4.69) is 5.32 Å². The predicted octanol–water partition coefficient (Wildman–Crippen LogP) is 4.10. The highest BCUT2D eigenvalue weighted by Crippen LogP contribution is 2.35. The van der Waals surface area contributed by atoms with Crippen molar-refractivity contribution in [2.75, 3.05) is 18.9 Å². The highest BCUT2D eigenvalue weighted by atomic mass is 19.1. The number of carbonyl (C=O) groups excluding carboxylic acids is 3. The molecule has 3 rings (SSSR count). The second-order valence-electron chi connectivity index (χ2n) is 7.78. The Morgan fingerprint density at radius 1 is 1.09 bits per heavy atom. The summed E-state index contributed by atoms with van der Waals surface area (Å²) in [7, 11) is 1.67. The zero-order valence-electron chi connectivity index (χ0n) is 18.5. The fraction of sp³-hybridized carbons (Fsp3) is 0.375. The molecule has 1 heterocycles. The first-order valence-electron chi connectivity index (χ1n) is 10.7. The van der Waals surface area contributed by atoms with Gasteiger partial charge < -0.3 is 15.0 Å². The third kappa shape index (κ3) is 5.25. The minimum Gasteiger partial charge on any atom is -0.438 e. The predicted molar refractivity (Wildman–Crippen MR) is 118 cm³/mol. The molecule has 170 valence electrons. The average Bonchev–Trinajstić information content (AvgIpc) is 3.10. The molecule has 0 aromatic heterocycles. The molecule has 0 radical (unpaired) electrons. The maximum Gasteiger partial charge on any atom is 0.411 e. The van der Waals surface area contributed by atoms with Crippen molar-refractivity contribution in [1.82, 2.24) is 9.80 Å². The third-order valence-electron chi connectivity index (χ3n) is 5.45. The van der Waals surface area contributed by atoms with E-state index in [-0.39, 0.29) is 24.2 Å². The number of nitrogens with zero attached hydrogens (tertiary/aromatic N) is 2. The number of halogens is 1. The van der Waals surface area contributed by atoms with Crippen LogP contribution < -0.4 is 5.32 Å². The van der Waals surface area contributed by atoms with Crippen molar-refractivity contribution in [3.63, 3.8) is 0 Å². The van der Waals surface area contributed by atoms with E-state index in [0.29, 0.717) is 29.8 Å². The molecule has 1 aliphatic rings. The summed E-state index contributed by atoms with van der Waals surface area (Å²) in [5.41, 5.74) is 1.97. The van der Waals surface area contributed by atoms with E-state index in [1.54, 1.807) is 43.4 Å². The molecule has 0 spiro atoms. The molecule has 1 N–H and O–H groups in total. The first kappa shape index (κ1) is 23.2. The minimum absolute atomic E-state index is 0.0735. The van der Waals surface area contributed by atoms with Crippen molar-refractivity contribution in [3.8, 4) is 0 Å². The Bertz CT molecular complexity index is 962. The summed E-state index contributed by atoms with van der Waals surface area (Å²) < 4.78 is 18.9. The number of hydrogen-bond acceptors (Lipinski definition) is 4. The number of benzene rings is 2. The van der Waals surface area contributed by atoms with E-state index < -0.39 is 18.2 Å². The van der Waals surface area contributed by atoms with E-state index in [1.807, 2.05) is 13.8 Å². The normalized spacial score (nSPS) is 17.8. The number of likely N-dealkylation sites (N-methyl/N-ethyl adjacent to an activating group) is 1. The van der Waals surface area contributed by atoms with Crippen LogP contribution in [-0.4, -0.2) is 47.3 Å². The maximum absolute atomic E-state index is 13.3. The molecule has 1 aliphatic heterocycles. The van der Waals surface area contributed by atoms with Crippen LogP contribution in [0.2, 0.25) is 0 Å². The van der Waals surface area contributed by atoms with E-state index in [0.717, 1.165) is 6.42 Å². The van der Waals surface area contributed by atoms with Gasteiger partial charge in [0.2, 0.25) is 11.8 Å². The van der Waals surface area contributed by atoms with Gasteiger partial charge in [-0.15, -0.1) is 0 Å². The van der Waals surface area contributed by atoms with Gasteiger partial charge >= 0.3 is 6.09 Å². The smallest absolute Gasteiger partial charge is 0.411 e. The van der Waals surface area contributed by atoms with Crippen LogP contribution in [0.15, 0.2) is 48.5 Å². The van der Waals surface area contributed by atoms with Gasteiger partial charge in [0.25, 0.3) is 0 Å². The van der Waals surface area contributed by atoms with Crippen LogP contribution in [0.25, 0.3) is 0 Å². The highest BCUT2D eigenvalue weighted by Gasteiger charge is 2.47. The summed E-state index contributed by atoms with van der Waals surface area (Å²) in [5, 5.41) is 2.81. The molecule has 3 amide bonds. The molecule has 0 aliphatic carbocycles. The second-order valence-corrected chi connectivity index (χ2v) is 7.78. The van der Waals surface area contributed by atoms with Crippen LogP contribution in [0, 0.1) is 5.82 Å². The van der Waals surface area contributed by atoms with Gasteiger partial charge in [0.15, 0.2) is 12.1 Å². The molecule has 7 nitrogen and oxygen atoms in total. The Hall–Kier alpha value is -3.42. The Kier molecular flexibility index (Phi) is 7.45. The lowest BCUT2D eigenvalue weighted by atomic mass is 10.00. The van der Waals surface area contributed by atoms with Crippen molar-refractivity contribution in [3.05, 3.63) is 65.5 Å². The molecule has 2 aromatic carbocycles. The molecule has 0 bridgehead atoms. The SMILES string of the molecule is CCCC(=O)Nc1ccc(C2OC(=O)N(Cc3ccc(F)cc3)C2C(=O)N(C)CC)cc1. The summed E-state index contributed by atoms with van der Waals surface area (Å²) in [6.07, 6.45) is -0.228. The van der Waals surface area contributed by atoms with E-state index in [1.165, 1.54) is 21.9 Å². The van der Waals surface area contributed by atoms with Crippen LogP contribution in [0.3, 0.4) is 0 Å². The number of anilines is 1. The number of carbonyl (C=O) groups is 3. The van der Waals surface area contributed by atoms with Gasteiger partial charge in [-0.2, -0.15) is 0 Å². The first-order valence-corrected chi connectivity index (χ1v) is 10.7. The van der Waals surface area contributed by atoms with E-state index in [4.69, 9.17) is 4.74 Å². The monoisotopic (exact) mass is 441 g/mol. The lowest BCUT2D eigenvalue weighted by Gasteiger charge is -2.28. The molecule has 8 heteroatoms. The number of hydrogen-bond donors (Lipinski definition) is 1. The largest absolute Gasteiger partial charge is 0.438 e. The third-order valence-corrected chi connectivity index (χ3v) is 5.45. The quantitative estimate of drug-likeness (QED) is 0.669. The zero-order chi connectivity index (χ0) is 23.3. The molecule has 1 saturated heterocycles. The van der Waals surface area contributed by atoms with Crippen LogP contribution in [-0.2, 0) is 20.9 Å². The van der Waals surface area contributed by atoms with Gasteiger partial charge in [-0.3, -0.25) is 14.5 Å². The first-order chi connectivity index (χ1) is 15.3. The number of amides is 3. The summed E-state index contributed by atoms with van der Waals surface area (Å²) >= 11 is 0. The van der Waals surface area contributed by atoms with Gasteiger partial charge in [0.05, 0.1) is 6.54 Å². The van der Waals surface area contributed by atoms with Gasteiger partial charge in [0, 0.05) is 25.7 Å². The Morgan fingerprint density at radius 2 is 1.75 bits per heavy atom. The number of cyclic esters (lactones) is 1. The number of nitrogens with one attached hydrogen (secondary N) is 1. The Balaban J connectivity index is 1.86. The molecule has 2 atom stereocenters. The van der Waals surface area contributed by atoms with E-state index >= 15 is 0 Å². The van der Waals surface area contributed by atoms with Gasteiger partial charge in [-0.05, 0) is 48.7 Å². The Morgan fingerprint density at radius 3 is 2.34 bits per heavy atom. The lowest BCUT2D eigenvalue weighted by molar-refractivity contribution is -0.135. The van der Waals surface area contributed by atoms with Gasteiger partial charge in [0.1, 0.15) is 5.82 Å². The molecule has 2 unspecified atom stereocenters. The molecule has 1 fully saturated rings. The fourth-order valence-corrected chi connectivity index (χ4v) is 3.57. The molecular weight excluding hydrogens is 413 g/mol. The van der Waals surface area contributed by atoms with Crippen molar-refractivity contribution < 1.29 is 23.5 Å². The van der Waals surface area contributed by atoms with Crippen LogP contribution in [0.4, 0.5) is 14.9 Å². The molecule has 32 heavy (non-hydrogen) atoms. The van der Waals surface area contributed by atoms with Crippen molar-refractivity contribution in [1.29, 1.82) is 0 Å². The van der Waals surface area contributed by atoms with Crippen molar-refractivity contribution in [2.45, 2.75) is 45.4 Å². The second kappa shape index (κ2) is 10.3. The summed E-state index contributed by atoms with van der Waals surface area (Å²) in [6.45, 7) is 4.37. The van der Waals surface area contributed by atoms with Crippen LogP contribution >= 0.6 is 0 Å². The molecular formula is C24H28FN3O4. The fourth-order valence-electron chi connectivity index (χ4n) is 3.57. The summed E-state index contributed by atoms with van der Waals surface area (Å²) in [4.78, 5) is 40.7. The lowest BCUT2D eigenvalue weighted by Crippen LogP contribution is -2.46. The molecule has 0 saturated carbocycles. The number of rotatable bonds is 8. The van der Waals surface area contributed by atoms with Gasteiger partial charge in [-0.1, -0.05) is 31.2 Å². The highest BCUT2D eigenvalue weighted by molar-refractivity contribution is 5.91. The Labute approximate surface area is 187 Å². The van der Waals surface area contributed by atoms with Crippen LogP contribution in [0.5, 0.6) is 0 Å². The number of ether oxygens (including phenoxy) is 1. The zero-order valence-corrected chi connectivity index (χ0v) is 18.5. The molecule has 2 aromatic rings. The van der Waals surface area contributed by atoms with Crippen molar-refractivity contribution >= 4 is 23.6 Å². The summed E-state index contributed by atoms with van der Waals surface area (Å²) in [5.74, 6) is -0.693. The standard InChI is InChI=1S/C24H28FN3O4/c1-4-6-20(29)26-19-13-9-17(10-14-19)22-21(23(30)27(3)5-2)28(24(31)32-22)15-16-7-11-18(25)12-8-16/h7-14,21-22H,4-6,15H2,1-3H3,(H,26,29). The van der Waals surface area contributed by atoms with E-state index in [9.17, 15) is 18.8 Å². The van der Waals surface area contributed by atoms with Gasteiger partial charge in [-0.25, -0.2) is 9.18 Å². The van der Waals surface area contributed by atoms with Crippen molar-refractivity contribution in [2.24, 2.45) is 0 Å².